The number of nitrogens with zero attached hydrogens (tertiary/aromatic N) is 1. The Morgan fingerprint density at radius 2 is 2.00 bits per heavy atom. The van der Waals surface area contributed by atoms with Crippen LogP contribution in [0.15, 0.2) is 48.5 Å². The summed E-state index contributed by atoms with van der Waals surface area (Å²) in [5.74, 6) is 1.91. The first-order chi connectivity index (χ1) is 18.4. The number of H-pyrrole nitrogens is 1. The van der Waals surface area contributed by atoms with Crippen LogP contribution in [0.4, 0.5) is 4.79 Å². The molecule has 4 unspecified atom stereocenters. The number of aromatic amines is 1. The second-order valence-electron chi connectivity index (χ2n) is 9.95. The molecular weight excluding hydrogens is 525 g/mol. The Labute approximate surface area is 232 Å². The second-order valence-corrected chi connectivity index (χ2v) is 10.7. The lowest BCUT2D eigenvalue weighted by Crippen LogP contribution is -2.39. The molecule has 1 aromatic heterocycles. The Kier molecular flexibility index (Phi) is 8.40. The predicted molar refractivity (Wildman–Crippen MR) is 148 cm³/mol. The molecule has 2 fully saturated rings. The van der Waals surface area contributed by atoms with Gasteiger partial charge in [0.2, 0.25) is 0 Å². The van der Waals surface area contributed by atoms with Crippen molar-refractivity contribution in [1.29, 1.82) is 0 Å². The van der Waals surface area contributed by atoms with Crippen molar-refractivity contribution in [1.82, 2.24) is 31.5 Å². The molecule has 1 saturated heterocycles. The summed E-state index contributed by atoms with van der Waals surface area (Å²) < 4.78 is 5.39. The van der Waals surface area contributed by atoms with Crippen molar-refractivity contribution in [2.45, 2.75) is 56.4 Å². The molecule has 0 spiro atoms. The third-order valence-corrected chi connectivity index (χ3v) is 8.04. The van der Waals surface area contributed by atoms with Crippen LogP contribution < -0.4 is 32.0 Å². The van der Waals surface area contributed by atoms with Crippen LogP contribution in [0.1, 0.15) is 53.9 Å². The van der Waals surface area contributed by atoms with Crippen molar-refractivity contribution < 1.29 is 9.53 Å². The summed E-state index contributed by atoms with van der Waals surface area (Å²) in [6.07, 6.45) is 3.40. The molecule has 2 aliphatic rings. The van der Waals surface area contributed by atoms with Gasteiger partial charge >= 0.3 is 6.03 Å². The molecule has 2 aromatic carbocycles. The van der Waals surface area contributed by atoms with Gasteiger partial charge in [-0.2, -0.15) is 0 Å². The van der Waals surface area contributed by atoms with Gasteiger partial charge in [0, 0.05) is 35.0 Å². The number of nitrogens with one attached hydrogen (secondary N) is 5. The molecule has 3 aromatic rings. The average Bonchev–Trinajstić information content (AvgIpc) is 3.49. The lowest BCUT2D eigenvalue weighted by atomic mass is 9.77. The standard InChI is InChI=1S/C27H33Cl2N7O2/c1-38-22-10-8-18(28)12-17(22)14-31-27(37)32-21(11-15-5-3-2-4-6-15)26-33-23(24(29)34-26)16-7-9-19-20(13-16)35-36-25(19)30/h2-6,8,10,12,16,19-21,25,35-36H,7,9,11,13-14,30H2,1H3,(H,33,34)(H2,31,32,37)/t16?,19?,20?,21-,25?/m0/s1. The smallest absolute Gasteiger partial charge is 0.315 e. The first kappa shape index (κ1) is 26.8. The van der Waals surface area contributed by atoms with Crippen molar-refractivity contribution >= 4 is 29.2 Å². The average molecular weight is 559 g/mol. The molecule has 1 aliphatic carbocycles. The van der Waals surface area contributed by atoms with E-state index < -0.39 is 6.04 Å². The van der Waals surface area contributed by atoms with Crippen molar-refractivity contribution in [3.8, 4) is 5.75 Å². The number of carbonyl (C=O) groups excluding carboxylic acids is 1. The molecule has 1 aliphatic heterocycles. The number of hydrogen-bond donors (Lipinski definition) is 6. The molecule has 0 bridgehead atoms. The SMILES string of the molecule is COc1ccc(Cl)cc1CNC(=O)N[C@@H](Cc1ccccc1)c1nc(Cl)c(C2CCC3C(N)NNC3C2)[nH]1. The largest absolute Gasteiger partial charge is 0.496 e. The van der Waals surface area contributed by atoms with Gasteiger partial charge in [0.25, 0.3) is 0 Å². The fraction of sp³-hybridized carbons (Fsp3) is 0.407. The van der Waals surface area contributed by atoms with Crippen LogP contribution in [-0.2, 0) is 13.0 Å². The highest BCUT2D eigenvalue weighted by atomic mass is 35.5. The summed E-state index contributed by atoms with van der Waals surface area (Å²) in [6, 6.07) is 14.8. The number of methoxy groups -OCH3 is 1. The lowest BCUT2D eigenvalue weighted by molar-refractivity contribution is 0.236. The maximum Gasteiger partial charge on any atom is 0.315 e. The van der Waals surface area contributed by atoms with E-state index in [4.69, 9.17) is 33.7 Å². The number of fused-ring (bicyclic) bond motifs is 1. The monoisotopic (exact) mass is 557 g/mol. The zero-order chi connectivity index (χ0) is 26.6. The van der Waals surface area contributed by atoms with E-state index in [9.17, 15) is 4.79 Å². The molecule has 5 rings (SSSR count). The molecule has 202 valence electrons. The number of nitrogens with two attached hydrogens (primary N) is 1. The normalized spacial score (nSPS) is 23.5. The number of hydrazine groups is 1. The first-order valence-electron chi connectivity index (χ1n) is 12.8. The van der Waals surface area contributed by atoms with Gasteiger partial charge in [-0.1, -0.05) is 53.5 Å². The summed E-state index contributed by atoms with van der Waals surface area (Å²) in [7, 11) is 1.58. The fourth-order valence-corrected chi connectivity index (χ4v) is 6.00. The molecule has 0 radical (unpaired) electrons. The highest BCUT2D eigenvalue weighted by Gasteiger charge is 2.40. The Morgan fingerprint density at radius 1 is 1.18 bits per heavy atom. The van der Waals surface area contributed by atoms with Crippen molar-refractivity contribution in [3.63, 3.8) is 0 Å². The molecule has 11 heteroatoms. The van der Waals surface area contributed by atoms with E-state index in [0.29, 0.717) is 40.1 Å². The third-order valence-electron chi connectivity index (χ3n) is 7.51. The van der Waals surface area contributed by atoms with Crippen molar-refractivity contribution in [2.24, 2.45) is 11.7 Å². The van der Waals surface area contributed by atoms with E-state index in [0.717, 1.165) is 36.1 Å². The van der Waals surface area contributed by atoms with Crippen LogP contribution >= 0.6 is 23.2 Å². The first-order valence-corrected chi connectivity index (χ1v) is 13.6. The zero-order valence-electron chi connectivity index (χ0n) is 21.1. The molecule has 2 amide bonds. The van der Waals surface area contributed by atoms with Crippen LogP contribution in [0.5, 0.6) is 5.75 Å². The van der Waals surface area contributed by atoms with Gasteiger partial charge in [-0.25, -0.2) is 15.2 Å². The maximum atomic E-state index is 13.0. The quantitative estimate of drug-likeness (QED) is 0.247. The fourth-order valence-electron chi connectivity index (χ4n) is 5.52. The molecule has 2 heterocycles. The Balaban J connectivity index is 1.31. The lowest BCUT2D eigenvalue weighted by Gasteiger charge is -2.31. The Morgan fingerprint density at radius 3 is 2.79 bits per heavy atom. The highest BCUT2D eigenvalue weighted by molar-refractivity contribution is 6.30. The summed E-state index contributed by atoms with van der Waals surface area (Å²) in [4.78, 5) is 21.2. The minimum atomic E-state index is -0.416. The predicted octanol–water partition coefficient (Wildman–Crippen LogP) is 4.15. The summed E-state index contributed by atoms with van der Waals surface area (Å²) >= 11 is 12.8. The number of urea groups is 1. The number of halogens is 2. The number of rotatable bonds is 8. The van der Waals surface area contributed by atoms with E-state index in [1.165, 1.54) is 0 Å². The summed E-state index contributed by atoms with van der Waals surface area (Å²) in [6.45, 7) is 0.256. The van der Waals surface area contributed by atoms with Gasteiger partial charge in [0.1, 0.15) is 11.6 Å². The minimum absolute atomic E-state index is 0.0291. The summed E-state index contributed by atoms with van der Waals surface area (Å²) in [5.41, 5.74) is 15.4. The van der Waals surface area contributed by atoms with Crippen LogP contribution in [-0.4, -0.2) is 35.3 Å². The Hall–Kier alpha value is -2.82. The number of amides is 2. The van der Waals surface area contributed by atoms with E-state index in [-0.39, 0.29) is 24.7 Å². The molecule has 38 heavy (non-hydrogen) atoms. The molecule has 9 nitrogen and oxygen atoms in total. The van der Waals surface area contributed by atoms with Gasteiger partial charge in [0.05, 0.1) is 25.0 Å². The molecule has 5 atom stereocenters. The van der Waals surface area contributed by atoms with Gasteiger partial charge in [-0.15, -0.1) is 0 Å². The third kappa shape index (κ3) is 6.08. The van der Waals surface area contributed by atoms with Crippen LogP contribution in [0.25, 0.3) is 0 Å². The number of carbonyl (C=O) groups is 1. The molecular formula is C27H33Cl2N7O2. The van der Waals surface area contributed by atoms with E-state index in [2.05, 4.69) is 31.5 Å². The maximum absolute atomic E-state index is 13.0. The number of ether oxygens (including phenoxy) is 1. The minimum Gasteiger partial charge on any atom is -0.496 e. The topological polar surface area (TPSA) is 129 Å². The van der Waals surface area contributed by atoms with E-state index in [1.807, 2.05) is 30.3 Å². The van der Waals surface area contributed by atoms with Gasteiger partial charge < -0.3 is 26.1 Å². The van der Waals surface area contributed by atoms with Crippen LogP contribution in [0.2, 0.25) is 10.2 Å². The number of aromatic nitrogens is 2. The van der Waals surface area contributed by atoms with E-state index in [1.54, 1.807) is 25.3 Å². The molecule has 7 N–H and O–H groups in total. The number of hydrogen-bond acceptors (Lipinski definition) is 6. The zero-order valence-corrected chi connectivity index (χ0v) is 22.6. The van der Waals surface area contributed by atoms with Crippen LogP contribution in [0, 0.1) is 5.92 Å². The second kappa shape index (κ2) is 11.9. The Bertz CT molecular complexity index is 1260. The summed E-state index contributed by atoms with van der Waals surface area (Å²) in [5, 5.41) is 7.00. The highest BCUT2D eigenvalue weighted by Crippen LogP contribution is 2.40. The molecule has 1 saturated carbocycles. The van der Waals surface area contributed by atoms with Crippen molar-refractivity contribution in [2.75, 3.05) is 7.11 Å². The number of benzene rings is 2. The van der Waals surface area contributed by atoms with Gasteiger partial charge in [0.15, 0.2) is 5.15 Å². The van der Waals surface area contributed by atoms with Gasteiger partial charge in [-0.05, 0) is 49.4 Å². The van der Waals surface area contributed by atoms with E-state index >= 15 is 0 Å². The van der Waals surface area contributed by atoms with Crippen molar-refractivity contribution in [3.05, 3.63) is 81.4 Å². The van der Waals surface area contributed by atoms with Crippen LogP contribution in [0.3, 0.4) is 0 Å². The number of imidazole rings is 1. The van der Waals surface area contributed by atoms with Gasteiger partial charge in [-0.3, -0.25) is 5.43 Å².